The van der Waals surface area contributed by atoms with Crippen molar-refractivity contribution in [2.45, 2.75) is 4.90 Å². The average molecular weight is 370 g/mol. The standard InChI is InChI=1S/C17H14N4O4S/c18-26(24,25)13-8-6-12(7-9-13)20-16(22)14-10-19-15(21-17(14)23)11-4-2-1-3-5-11/h1-10H,(H,20,22)(H2,18,24,25)(H,19,21,23). The Bertz CT molecular complexity index is 1110. The van der Waals surface area contributed by atoms with E-state index in [-0.39, 0.29) is 10.5 Å². The van der Waals surface area contributed by atoms with Crippen molar-refractivity contribution in [1.29, 1.82) is 0 Å². The third-order valence-electron chi connectivity index (χ3n) is 3.53. The van der Waals surface area contributed by atoms with Crippen molar-refractivity contribution in [3.8, 4) is 11.4 Å². The molecule has 0 atom stereocenters. The third-order valence-corrected chi connectivity index (χ3v) is 4.46. The number of carbonyl (C=O) groups excluding carboxylic acids is 1. The van der Waals surface area contributed by atoms with Crippen molar-refractivity contribution in [1.82, 2.24) is 9.97 Å². The summed E-state index contributed by atoms with van der Waals surface area (Å²) in [6.45, 7) is 0. The minimum Gasteiger partial charge on any atom is -0.322 e. The van der Waals surface area contributed by atoms with Gasteiger partial charge in [-0.15, -0.1) is 0 Å². The van der Waals surface area contributed by atoms with E-state index in [1.54, 1.807) is 24.3 Å². The van der Waals surface area contributed by atoms with Crippen molar-refractivity contribution in [2.75, 3.05) is 5.32 Å². The van der Waals surface area contributed by atoms with Crippen LogP contribution in [0.2, 0.25) is 0 Å². The first-order valence-electron chi connectivity index (χ1n) is 7.43. The Kier molecular flexibility index (Phi) is 4.65. The van der Waals surface area contributed by atoms with Crippen LogP contribution in [-0.2, 0) is 10.0 Å². The Morgan fingerprint density at radius 3 is 2.27 bits per heavy atom. The molecule has 26 heavy (non-hydrogen) atoms. The maximum absolute atomic E-state index is 12.3. The molecule has 1 aromatic heterocycles. The summed E-state index contributed by atoms with van der Waals surface area (Å²) in [7, 11) is -3.82. The first-order valence-corrected chi connectivity index (χ1v) is 8.98. The van der Waals surface area contributed by atoms with Gasteiger partial charge in [0.2, 0.25) is 10.0 Å². The molecule has 3 aromatic rings. The molecule has 4 N–H and O–H groups in total. The highest BCUT2D eigenvalue weighted by atomic mass is 32.2. The molecule has 8 nitrogen and oxygen atoms in total. The topological polar surface area (TPSA) is 135 Å². The van der Waals surface area contributed by atoms with Gasteiger partial charge < -0.3 is 10.3 Å². The van der Waals surface area contributed by atoms with Crippen molar-refractivity contribution in [2.24, 2.45) is 5.14 Å². The Labute approximate surface area is 148 Å². The van der Waals surface area contributed by atoms with Crippen LogP contribution in [0.25, 0.3) is 11.4 Å². The molecule has 1 amide bonds. The first-order chi connectivity index (χ1) is 12.3. The fourth-order valence-corrected chi connectivity index (χ4v) is 2.74. The Morgan fingerprint density at radius 1 is 1.04 bits per heavy atom. The summed E-state index contributed by atoms with van der Waals surface area (Å²) in [6, 6.07) is 14.3. The van der Waals surface area contributed by atoms with Gasteiger partial charge in [0, 0.05) is 17.4 Å². The fourth-order valence-electron chi connectivity index (χ4n) is 2.23. The van der Waals surface area contributed by atoms with Gasteiger partial charge >= 0.3 is 0 Å². The van der Waals surface area contributed by atoms with Crippen molar-refractivity contribution in [3.63, 3.8) is 0 Å². The van der Waals surface area contributed by atoms with E-state index >= 15 is 0 Å². The molecule has 9 heteroatoms. The lowest BCUT2D eigenvalue weighted by molar-refractivity contribution is 0.102. The molecule has 132 valence electrons. The van der Waals surface area contributed by atoms with Gasteiger partial charge in [-0.3, -0.25) is 9.59 Å². The quantitative estimate of drug-likeness (QED) is 0.637. The molecule has 0 aliphatic carbocycles. The van der Waals surface area contributed by atoms with Crippen LogP contribution in [0.5, 0.6) is 0 Å². The number of nitrogens with one attached hydrogen (secondary N) is 2. The van der Waals surface area contributed by atoms with E-state index in [0.29, 0.717) is 11.5 Å². The fraction of sp³-hybridized carbons (Fsp3) is 0. The lowest BCUT2D eigenvalue weighted by Crippen LogP contribution is -2.24. The molecule has 1 heterocycles. The minimum absolute atomic E-state index is 0.0813. The highest BCUT2D eigenvalue weighted by molar-refractivity contribution is 7.89. The Hall–Kier alpha value is -3.30. The number of aromatic nitrogens is 2. The molecule has 0 aliphatic heterocycles. The highest BCUT2D eigenvalue weighted by Gasteiger charge is 2.14. The summed E-state index contributed by atoms with van der Waals surface area (Å²) < 4.78 is 22.4. The number of nitrogens with two attached hydrogens (primary N) is 1. The summed E-state index contributed by atoms with van der Waals surface area (Å²) >= 11 is 0. The number of carbonyl (C=O) groups is 1. The smallest absolute Gasteiger partial charge is 0.264 e. The number of anilines is 1. The van der Waals surface area contributed by atoms with Crippen LogP contribution in [0.3, 0.4) is 0 Å². The average Bonchev–Trinajstić information content (AvgIpc) is 2.62. The van der Waals surface area contributed by atoms with Crippen LogP contribution in [0.15, 0.2) is 70.5 Å². The summed E-state index contributed by atoms with van der Waals surface area (Å²) in [5.41, 5.74) is 0.279. The van der Waals surface area contributed by atoms with Crippen LogP contribution >= 0.6 is 0 Å². The van der Waals surface area contributed by atoms with E-state index in [0.717, 1.165) is 5.56 Å². The second-order valence-corrected chi connectivity index (χ2v) is 6.93. The van der Waals surface area contributed by atoms with Crippen LogP contribution in [0, 0.1) is 0 Å². The van der Waals surface area contributed by atoms with Gasteiger partial charge in [0.15, 0.2) is 0 Å². The van der Waals surface area contributed by atoms with Gasteiger partial charge in [-0.05, 0) is 24.3 Å². The maximum atomic E-state index is 12.3. The van der Waals surface area contributed by atoms with Crippen LogP contribution in [-0.4, -0.2) is 24.3 Å². The van der Waals surface area contributed by atoms with E-state index in [2.05, 4.69) is 15.3 Å². The van der Waals surface area contributed by atoms with E-state index in [9.17, 15) is 18.0 Å². The number of rotatable bonds is 4. The number of hydrogen-bond acceptors (Lipinski definition) is 5. The van der Waals surface area contributed by atoms with Crippen LogP contribution < -0.4 is 16.0 Å². The lowest BCUT2D eigenvalue weighted by atomic mass is 10.2. The third kappa shape index (κ3) is 3.85. The summed E-state index contributed by atoms with van der Waals surface area (Å²) in [4.78, 5) is 31.0. The summed E-state index contributed by atoms with van der Waals surface area (Å²) in [5.74, 6) is -0.314. The monoisotopic (exact) mass is 370 g/mol. The molecule has 3 rings (SSSR count). The second-order valence-electron chi connectivity index (χ2n) is 5.36. The molecule has 0 saturated carbocycles. The van der Waals surface area contributed by atoms with Gasteiger partial charge in [-0.1, -0.05) is 30.3 Å². The molecule has 0 aliphatic rings. The SMILES string of the molecule is NS(=O)(=O)c1ccc(NC(=O)c2cnc(-c3ccccc3)[nH]c2=O)cc1. The highest BCUT2D eigenvalue weighted by Crippen LogP contribution is 2.14. The number of amides is 1. The van der Waals surface area contributed by atoms with Crippen LogP contribution in [0.1, 0.15) is 10.4 Å². The predicted octanol–water partition coefficient (Wildman–Crippen LogP) is 1.34. The first kappa shape index (κ1) is 17.5. The number of aromatic amines is 1. The zero-order valence-electron chi connectivity index (χ0n) is 13.3. The van der Waals surface area contributed by atoms with Crippen molar-refractivity contribution in [3.05, 3.63) is 76.7 Å². The minimum atomic E-state index is -3.82. The molecule has 2 aromatic carbocycles. The number of primary sulfonamides is 1. The largest absolute Gasteiger partial charge is 0.322 e. The van der Waals surface area contributed by atoms with Gasteiger partial charge in [0.05, 0.1) is 4.90 Å². The van der Waals surface area contributed by atoms with E-state index in [1.165, 1.54) is 30.5 Å². The zero-order valence-corrected chi connectivity index (χ0v) is 14.2. The Morgan fingerprint density at radius 2 is 1.69 bits per heavy atom. The van der Waals surface area contributed by atoms with Gasteiger partial charge in [-0.2, -0.15) is 0 Å². The molecular formula is C17H14N4O4S. The lowest BCUT2D eigenvalue weighted by Gasteiger charge is -2.06. The van der Waals surface area contributed by atoms with Crippen LogP contribution in [0.4, 0.5) is 5.69 Å². The van der Waals surface area contributed by atoms with E-state index in [4.69, 9.17) is 5.14 Å². The number of benzene rings is 2. The number of H-pyrrole nitrogens is 1. The molecule has 0 unspecified atom stereocenters. The number of hydrogen-bond donors (Lipinski definition) is 3. The molecule has 0 radical (unpaired) electrons. The van der Waals surface area contributed by atoms with Crippen molar-refractivity contribution < 1.29 is 13.2 Å². The second kappa shape index (κ2) is 6.90. The molecule has 0 bridgehead atoms. The molecule has 0 fully saturated rings. The van der Waals surface area contributed by atoms with E-state index in [1.807, 2.05) is 6.07 Å². The van der Waals surface area contributed by atoms with Gasteiger partial charge in [-0.25, -0.2) is 18.5 Å². The van der Waals surface area contributed by atoms with Gasteiger partial charge in [0.1, 0.15) is 11.4 Å². The number of sulfonamides is 1. The predicted molar refractivity (Wildman–Crippen MR) is 96.1 cm³/mol. The normalized spacial score (nSPS) is 11.1. The summed E-state index contributed by atoms with van der Waals surface area (Å²) in [6.07, 6.45) is 1.19. The van der Waals surface area contributed by atoms with Crippen molar-refractivity contribution >= 4 is 21.6 Å². The molecular weight excluding hydrogens is 356 g/mol. The number of nitrogens with zero attached hydrogens (tertiary/aromatic N) is 1. The maximum Gasteiger partial charge on any atom is 0.264 e. The van der Waals surface area contributed by atoms with Gasteiger partial charge in [0.25, 0.3) is 11.5 Å². The van der Waals surface area contributed by atoms with E-state index < -0.39 is 21.5 Å². The molecule has 0 spiro atoms. The Balaban J connectivity index is 1.81. The summed E-state index contributed by atoms with van der Waals surface area (Å²) in [5, 5.41) is 7.51. The molecule has 0 saturated heterocycles. The zero-order chi connectivity index (χ0) is 18.7.